The van der Waals surface area contributed by atoms with Gasteiger partial charge in [-0.15, -0.1) is 0 Å². The number of carbonyl (C=O) groups excluding carboxylic acids is 2. The van der Waals surface area contributed by atoms with Crippen molar-refractivity contribution in [3.05, 3.63) is 41.7 Å². The van der Waals surface area contributed by atoms with Crippen LogP contribution in [0, 0.1) is 0 Å². The Hall–Kier alpha value is -3.69. The van der Waals surface area contributed by atoms with Gasteiger partial charge in [0.25, 0.3) is 0 Å². The summed E-state index contributed by atoms with van der Waals surface area (Å²) in [5.41, 5.74) is 2.52. The number of nitrogens with zero attached hydrogens (tertiary/aromatic N) is 5. The van der Waals surface area contributed by atoms with Gasteiger partial charge < -0.3 is 19.4 Å². The molecule has 1 saturated carbocycles. The lowest BCUT2D eigenvalue weighted by molar-refractivity contribution is -0.143. The zero-order valence-electron chi connectivity index (χ0n) is 24.4. The zero-order chi connectivity index (χ0) is 28.7. The van der Waals surface area contributed by atoms with E-state index in [1.165, 1.54) is 42.6 Å². The smallest absolute Gasteiger partial charge is 0.417 e. The van der Waals surface area contributed by atoms with E-state index < -0.39 is 17.7 Å². The third-order valence-electron chi connectivity index (χ3n) is 6.85. The number of anilines is 2. The minimum Gasteiger partial charge on any atom is -0.465 e. The monoisotopic (exact) mass is 550 g/mol. The number of fused-ring (bicyclic) bond motifs is 1. The van der Waals surface area contributed by atoms with Crippen LogP contribution in [-0.2, 0) is 27.4 Å². The molecule has 2 aromatic heterocycles. The number of esters is 1. The van der Waals surface area contributed by atoms with Crippen molar-refractivity contribution in [2.75, 3.05) is 23.4 Å². The number of ether oxygens (including phenoxy) is 2. The van der Waals surface area contributed by atoms with Crippen molar-refractivity contribution in [1.29, 1.82) is 0 Å². The van der Waals surface area contributed by atoms with Crippen LogP contribution in [0.25, 0.3) is 11.2 Å². The number of hydrogen-bond acceptors (Lipinski definition) is 8. The number of aromatic nitrogens is 4. The van der Waals surface area contributed by atoms with Crippen LogP contribution in [0.3, 0.4) is 0 Å². The molecule has 2 heterocycles. The Morgan fingerprint density at radius 1 is 1.07 bits per heavy atom. The fourth-order valence-electron chi connectivity index (χ4n) is 4.93. The Labute approximate surface area is 236 Å². The summed E-state index contributed by atoms with van der Waals surface area (Å²) in [6.45, 7) is 10.4. The quantitative estimate of drug-likeness (QED) is 0.297. The van der Waals surface area contributed by atoms with Gasteiger partial charge in [0.1, 0.15) is 12.1 Å². The summed E-state index contributed by atoms with van der Waals surface area (Å²) in [4.78, 5) is 41.1. The summed E-state index contributed by atoms with van der Waals surface area (Å²) in [7, 11) is 0. The molecule has 40 heavy (non-hydrogen) atoms. The number of nitrogens with one attached hydrogen (secondary N) is 1. The van der Waals surface area contributed by atoms with E-state index in [0.29, 0.717) is 29.4 Å². The lowest BCUT2D eigenvalue weighted by Gasteiger charge is -2.27. The lowest BCUT2D eigenvalue weighted by atomic mass is 9.84. The third kappa shape index (κ3) is 7.49. The molecule has 0 bridgehead atoms. The van der Waals surface area contributed by atoms with Crippen LogP contribution >= 0.6 is 0 Å². The second kappa shape index (κ2) is 13.1. The van der Waals surface area contributed by atoms with Crippen molar-refractivity contribution in [2.24, 2.45) is 0 Å². The molecule has 3 aromatic rings. The normalized spacial score (nSPS) is 14.2. The van der Waals surface area contributed by atoms with Crippen molar-refractivity contribution in [1.82, 2.24) is 19.5 Å². The van der Waals surface area contributed by atoms with E-state index in [9.17, 15) is 9.59 Å². The van der Waals surface area contributed by atoms with E-state index in [2.05, 4.69) is 41.5 Å². The Morgan fingerprint density at radius 2 is 1.80 bits per heavy atom. The van der Waals surface area contributed by atoms with Crippen molar-refractivity contribution in [3.63, 3.8) is 0 Å². The Balaban J connectivity index is 1.71. The first-order valence-electron chi connectivity index (χ1n) is 14.4. The summed E-state index contributed by atoms with van der Waals surface area (Å²) < 4.78 is 12.5. The maximum Gasteiger partial charge on any atom is 0.417 e. The molecule has 0 unspecified atom stereocenters. The molecular formula is C30H42N6O4. The van der Waals surface area contributed by atoms with Gasteiger partial charge in [-0.05, 0) is 64.0 Å². The highest BCUT2D eigenvalue weighted by molar-refractivity contribution is 5.90. The second-order valence-electron chi connectivity index (χ2n) is 11.3. The topological polar surface area (TPSA) is 111 Å². The molecular weight excluding hydrogens is 508 g/mol. The van der Waals surface area contributed by atoms with Crippen molar-refractivity contribution >= 4 is 35.0 Å². The Bertz CT molecular complexity index is 1290. The van der Waals surface area contributed by atoms with Gasteiger partial charge in [-0.2, -0.15) is 9.97 Å². The van der Waals surface area contributed by atoms with Gasteiger partial charge in [-0.3, -0.25) is 4.79 Å². The molecule has 1 aromatic carbocycles. The molecule has 0 aliphatic heterocycles. The van der Waals surface area contributed by atoms with Crippen LogP contribution in [0.4, 0.5) is 16.6 Å². The summed E-state index contributed by atoms with van der Waals surface area (Å²) in [5, 5.41) is 3.30. The first kappa shape index (κ1) is 29.3. The SMILES string of the molecule is CCCNc1nc(N(Cc2ccc(C3CCCCC3)cc2)C(=O)OC(C)(C)C)nc2c1ncn2CC(=O)OCC. The number of rotatable bonds is 10. The molecule has 0 atom stereocenters. The summed E-state index contributed by atoms with van der Waals surface area (Å²) >= 11 is 0. The van der Waals surface area contributed by atoms with E-state index in [-0.39, 0.29) is 25.6 Å². The molecule has 10 heteroatoms. The predicted molar refractivity (Wildman–Crippen MR) is 155 cm³/mol. The number of imidazole rings is 1. The van der Waals surface area contributed by atoms with Gasteiger partial charge in [0, 0.05) is 6.54 Å². The summed E-state index contributed by atoms with van der Waals surface area (Å²) in [6.07, 6.45) is 8.18. The van der Waals surface area contributed by atoms with Crippen molar-refractivity contribution < 1.29 is 19.1 Å². The molecule has 0 spiro atoms. The van der Waals surface area contributed by atoms with Crippen LogP contribution in [0.2, 0.25) is 0 Å². The molecule has 216 valence electrons. The largest absolute Gasteiger partial charge is 0.465 e. The molecule has 1 N–H and O–H groups in total. The first-order valence-corrected chi connectivity index (χ1v) is 14.4. The number of amides is 1. The standard InChI is InChI=1S/C30H42N6O4/c1-6-17-31-26-25-27(35(20-32-25)19-24(37)39-7-2)34-28(33-26)36(29(38)40-30(3,4)5)18-21-13-15-23(16-14-21)22-11-9-8-10-12-22/h13-16,20,22H,6-12,17-19H2,1-5H3,(H,31,33,34). The van der Waals surface area contributed by atoms with Gasteiger partial charge in [0.05, 0.1) is 19.5 Å². The highest BCUT2D eigenvalue weighted by Crippen LogP contribution is 2.33. The average Bonchev–Trinajstić information content (AvgIpc) is 3.32. The first-order chi connectivity index (χ1) is 19.2. The number of hydrogen-bond donors (Lipinski definition) is 1. The molecule has 0 saturated heterocycles. The Morgan fingerprint density at radius 3 is 2.45 bits per heavy atom. The maximum atomic E-state index is 13.5. The van der Waals surface area contributed by atoms with E-state index in [1.807, 2.05) is 20.8 Å². The highest BCUT2D eigenvalue weighted by Gasteiger charge is 2.28. The average molecular weight is 551 g/mol. The molecule has 4 rings (SSSR count). The van der Waals surface area contributed by atoms with E-state index in [1.54, 1.807) is 17.8 Å². The van der Waals surface area contributed by atoms with Gasteiger partial charge >= 0.3 is 12.1 Å². The number of carbonyl (C=O) groups is 2. The van der Waals surface area contributed by atoms with Crippen LogP contribution in [0.5, 0.6) is 0 Å². The maximum absolute atomic E-state index is 13.5. The van der Waals surface area contributed by atoms with Gasteiger partial charge in [0.2, 0.25) is 5.95 Å². The van der Waals surface area contributed by atoms with E-state index in [4.69, 9.17) is 19.4 Å². The zero-order valence-corrected chi connectivity index (χ0v) is 24.4. The van der Waals surface area contributed by atoms with E-state index in [0.717, 1.165) is 12.0 Å². The van der Waals surface area contributed by atoms with Gasteiger partial charge in [-0.25, -0.2) is 14.7 Å². The fraction of sp³-hybridized carbons (Fsp3) is 0.567. The molecule has 1 fully saturated rings. The molecule has 1 aliphatic rings. The lowest BCUT2D eigenvalue weighted by Crippen LogP contribution is -2.37. The van der Waals surface area contributed by atoms with Gasteiger partial charge in [0.15, 0.2) is 17.0 Å². The molecule has 0 radical (unpaired) electrons. The van der Waals surface area contributed by atoms with Gasteiger partial charge in [-0.1, -0.05) is 50.5 Å². The Kier molecular flexibility index (Phi) is 9.60. The molecule has 1 amide bonds. The van der Waals surface area contributed by atoms with Crippen LogP contribution in [-0.4, -0.2) is 50.3 Å². The highest BCUT2D eigenvalue weighted by atomic mass is 16.6. The summed E-state index contributed by atoms with van der Waals surface area (Å²) in [6, 6.07) is 8.48. The fourth-order valence-corrected chi connectivity index (χ4v) is 4.93. The molecule has 10 nitrogen and oxygen atoms in total. The minimum absolute atomic E-state index is 0.0525. The van der Waals surface area contributed by atoms with Crippen LogP contribution in [0.1, 0.15) is 90.2 Å². The van der Waals surface area contributed by atoms with Crippen molar-refractivity contribution in [3.8, 4) is 0 Å². The van der Waals surface area contributed by atoms with Crippen molar-refractivity contribution in [2.45, 2.75) is 97.8 Å². The minimum atomic E-state index is -0.709. The van der Waals surface area contributed by atoms with Crippen LogP contribution in [0.15, 0.2) is 30.6 Å². The predicted octanol–water partition coefficient (Wildman–Crippen LogP) is 6.20. The van der Waals surface area contributed by atoms with E-state index >= 15 is 0 Å². The second-order valence-corrected chi connectivity index (χ2v) is 11.3. The summed E-state index contributed by atoms with van der Waals surface area (Å²) in [5.74, 6) is 0.863. The van der Waals surface area contributed by atoms with Crippen LogP contribution < -0.4 is 10.2 Å². The third-order valence-corrected chi connectivity index (χ3v) is 6.85. The number of benzene rings is 1. The molecule has 1 aliphatic carbocycles.